The molecule has 33 heavy (non-hydrogen) atoms. The van der Waals surface area contributed by atoms with E-state index < -0.39 is 0 Å². The summed E-state index contributed by atoms with van der Waals surface area (Å²) < 4.78 is 5.12. The highest BCUT2D eigenvalue weighted by atomic mass is 16.5. The fourth-order valence-corrected chi connectivity index (χ4v) is 4.11. The largest absolute Gasteiger partial charge is 0.463 e. The van der Waals surface area contributed by atoms with Crippen LogP contribution in [-0.4, -0.2) is 24.5 Å². The minimum absolute atomic E-state index is 0.0778. The number of carbonyl (C=O) groups is 2. The number of nitrogens with one attached hydrogen (secondary N) is 1. The Labute approximate surface area is 201 Å². The molecule has 0 aliphatic rings. The predicted molar refractivity (Wildman–Crippen MR) is 138 cm³/mol. The molecule has 1 aromatic rings. The van der Waals surface area contributed by atoms with Crippen LogP contribution >= 0.6 is 0 Å². The number of allylic oxidation sites excluding steroid dienone is 2. The van der Waals surface area contributed by atoms with Gasteiger partial charge in [0.15, 0.2) is 0 Å². The van der Waals surface area contributed by atoms with Gasteiger partial charge in [-0.1, -0.05) is 97.0 Å². The molecule has 4 nitrogen and oxygen atoms in total. The molecule has 0 aliphatic heterocycles. The standard InChI is InChI=1S/C29H45NO3/c1-10-25(29(8,9)24-15-13-12-14-16-24)27(31)30-26(21(5)6)18-17-23(20(3)4)19-22(7)28(32)33-11-2/h12-21,23,25-26H,10-11H2,1-9H3,(H,30,31)/b18-17+,22-19+/t23-,25-,26-/m1/s1. The van der Waals surface area contributed by atoms with Gasteiger partial charge in [-0.05, 0) is 43.6 Å². The van der Waals surface area contributed by atoms with Gasteiger partial charge in [-0.25, -0.2) is 4.79 Å². The van der Waals surface area contributed by atoms with E-state index in [0.29, 0.717) is 18.1 Å². The van der Waals surface area contributed by atoms with Crippen molar-refractivity contribution in [3.8, 4) is 0 Å². The molecule has 1 N–H and O–H groups in total. The number of benzene rings is 1. The second kappa shape index (κ2) is 13.4. The molecule has 0 saturated carbocycles. The highest BCUT2D eigenvalue weighted by Gasteiger charge is 2.36. The Morgan fingerprint density at radius 1 is 1.00 bits per heavy atom. The summed E-state index contributed by atoms with van der Waals surface area (Å²) in [5.41, 5.74) is 1.51. The molecule has 1 rings (SSSR count). The predicted octanol–water partition coefficient (Wildman–Crippen LogP) is 6.47. The Balaban J connectivity index is 3.07. The van der Waals surface area contributed by atoms with E-state index in [0.717, 1.165) is 6.42 Å². The third-order valence-electron chi connectivity index (χ3n) is 6.49. The zero-order chi connectivity index (χ0) is 25.2. The molecule has 1 aromatic carbocycles. The fourth-order valence-electron chi connectivity index (χ4n) is 4.11. The van der Waals surface area contributed by atoms with Crippen molar-refractivity contribution in [2.75, 3.05) is 6.61 Å². The van der Waals surface area contributed by atoms with Gasteiger partial charge >= 0.3 is 5.97 Å². The third kappa shape index (κ3) is 8.49. The van der Waals surface area contributed by atoms with Crippen LogP contribution in [-0.2, 0) is 19.7 Å². The Morgan fingerprint density at radius 3 is 2.09 bits per heavy atom. The molecular weight excluding hydrogens is 410 g/mol. The van der Waals surface area contributed by atoms with Gasteiger partial charge in [0, 0.05) is 22.9 Å². The lowest BCUT2D eigenvalue weighted by Crippen LogP contribution is -2.46. The smallest absolute Gasteiger partial charge is 0.333 e. The van der Waals surface area contributed by atoms with Crippen LogP contribution in [0.1, 0.15) is 74.3 Å². The number of rotatable bonds is 12. The van der Waals surface area contributed by atoms with Gasteiger partial charge in [0.05, 0.1) is 6.61 Å². The first-order chi connectivity index (χ1) is 15.4. The lowest BCUT2D eigenvalue weighted by Gasteiger charge is -2.35. The van der Waals surface area contributed by atoms with Crippen LogP contribution in [0.3, 0.4) is 0 Å². The monoisotopic (exact) mass is 455 g/mol. The summed E-state index contributed by atoms with van der Waals surface area (Å²) in [6, 6.07) is 10.2. The van der Waals surface area contributed by atoms with E-state index in [-0.39, 0.29) is 41.1 Å². The summed E-state index contributed by atoms with van der Waals surface area (Å²) >= 11 is 0. The number of carbonyl (C=O) groups excluding carboxylic acids is 2. The summed E-state index contributed by atoms with van der Waals surface area (Å²) in [5.74, 6) is 0.296. The fraction of sp³-hybridized carbons (Fsp3) is 0.586. The topological polar surface area (TPSA) is 55.4 Å². The van der Waals surface area contributed by atoms with E-state index in [9.17, 15) is 9.59 Å². The highest BCUT2D eigenvalue weighted by Crippen LogP contribution is 2.34. The molecule has 0 spiro atoms. The minimum atomic E-state index is -0.279. The molecule has 0 fully saturated rings. The van der Waals surface area contributed by atoms with Crippen molar-refractivity contribution in [2.24, 2.45) is 23.7 Å². The van der Waals surface area contributed by atoms with E-state index in [2.05, 4.69) is 78.1 Å². The average molecular weight is 456 g/mol. The van der Waals surface area contributed by atoms with E-state index in [1.807, 2.05) is 31.2 Å². The van der Waals surface area contributed by atoms with E-state index in [1.54, 1.807) is 6.92 Å². The number of hydrogen-bond acceptors (Lipinski definition) is 3. The van der Waals surface area contributed by atoms with E-state index in [4.69, 9.17) is 4.74 Å². The zero-order valence-electron chi connectivity index (χ0n) is 22.1. The third-order valence-corrected chi connectivity index (χ3v) is 6.49. The molecule has 184 valence electrons. The molecule has 0 heterocycles. The molecule has 0 saturated heterocycles. The normalized spacial score (nSPS) is 15.5. The minimum Gasteiger partial charge on any atom is -0.463 e. The van der Waals surface area contributed by atoms with Gasteiger partial charge in [-0.2, -0.15) is 0 Å². The van der Waals surface area contributed by atoms with Gasteiger partial charge in [-0.3, -0.25) is 4.79 Å². The Bertz CT molecular complexity index is 805. The highest BCUT2D eigenvalue weighted by molar-refractivity contribution is 5.87. The molecule has 0 aliphatic carbocycles. The molecule has 0 bridgehead atoms. The summed E-state index contributed by atoms with van der Waals surface area (Å²) in [6.45, 7) is 18.8. The van der Waals surface area contributed by atoms with Crippen LogP contribution in [0, 0.1) is 23.7 Å². The number of esters is 1. The first kappa shape index (κ1) is 28.7. The molecular formula is C29H45NO3. The van der Waals surface area contributed by atoms with Gasteiger partial charge < -0.3 is 10.1 Å². The lowest BCUT2D eigenvalue weighted by molar-refractivity contribution is -0.138. The molecule has 0 radical (unpaired) electrons. The second-order valence-corrected chi connectivity index (χ2v) is 10.1. The summed E-state index contributed by atoms with van der Waals surface area (Å²) in [4.78, 5) is 25.4. The van der Waals surface area contributed by atoms with Crippen molar-refractivity contribution in [2.45, 2.75) is 80.2 Å². The number of amides is 1. The first-order valence-corrected chi connectivity index (χ1v) is 12.3. The maximum atomic E-state index is 13.4. The Hall–Kier alpha value is -2.36. The van der Waals surface area contributed by atoms with Crippen molar-refractivity contribution in [1.82, 2.24) is 5.32 Å². The van der Waals surface area contributed by atoms with Crippen LogP contribution in [0.25, 0.3) is 0 Å². The first-order valence-electron chi connectivity index (χ1n) is 12.3. The van der Waals surface area contributed by atoms with Crippen LogP contribution in [0.4, 0.5) is 0 Å². The molecule has 4 heteroatoms. The van der Waals surface area contributed by atoms with Gasteiger partial charge in [-0.15, -0.1) is 0 Å². The number of hydrogen-bond donors (Lipinski definition) is 1. The quantitative estimate of drug-likeness (QED) is 0.223. The van der Waals surface area contributed by atoms with Gasteiger partial charge in [0.25, 0.3) is 0 Å². The van der Waals surface area contributed by atoms with Crippen molar-refractivity contribution in [3.63, 3.8) is 0 Å². The maximum Gasteiger partial charge on any atom is 0.333 e. The Kier molecular flexibility index (Phi) is 11.6. The molecule has 0 unspecified atom stereocenters. The van der Waals surface area contributed by atoms with Crippen molar-refractivity contribution in [1.29, 1.82) is 0 Å². The van der Waals surface area contributed by atoms with Crippen LogP contribution in [0.15, 0.2) is 54.1 Å². The summed E-state index contributed by atoms with van der Waals surface area (Å²) in [5, 5.41) is 3.30. The van der Waals surface area contributed by atoms with Crippen LogP contribution in [0.2, 0.25) is 0 Å². The van der Waals surface area contributed by atoms with Crippen LogP contribution in [0.5, 0.6) is 0 Å². The molecule has 0 aromatic heterocycles. The Morgan fingerprint density at radius 2 is 1.61 bits per heavy atom. The van der Waals surface area contributed by atoms with E-state index >= 15 is 0 Å². The van der Waals surface area contributed by atoms with Crippen molar-refractivity contribution < 1.29 is 14.3 Å². The van der Waals surface area contributed by atoms with Crippen molar-refractivity contribution in [3.05, 3.63) is 59.7 Å². The van der Waals surface area contributed by atoms with Crippen LogP contribution < -0.4 is 5.32 Å². The molecule has 3 atom stereocenters. The number of ether oxygens (including phenoxy) is 1. The molecule has 1 amide bonds. The van der Waals surface area contributed by atoms with Crippen molar-refractivity contribution >= 4 is 11.9 Å². The van der Waals surface area contributed by atoms with E-state index in [1.165, 1.54) is 5.56 Å². The summed E-state index contributed by atoms with van der Waals surface area (Å²) in [6.07, 6.45) is 6.93. The average Bonchev–Trinajstić information content (AvgIpc) is 2.76. The zero-order valence-corrected chi connectivity index (χ0v) is 22.1. The maximum absolute atomic E-state index is 13.4. The summed E-state index contributed by atoms with van der Waals surface area (Å²) in [7, 11) is 0. The lowest BCUT2D eigenvalue weighted by atomic mass is 9.71. The van der Waals surface area contributed by atoms with Gasteiger partial charge in [0.2, 0.25) is 5.91 Å². The second-order valence-electron chi connectivity index (χ2n) is 10.1. The SMILES string of the molecule is CCOC(=O)/C(C)=C/[C@@H](/C=C/[C@@H](NC(=O)[C@@H](CC)C(C)(C)c1ccccc1)C(C)C)C(C)C. The van der Waals surface area contributed by atoms with Gasteiger partial charge in [0.1, 0.15) is 0 Å².